The molecule has 1 fully saturated rings. The molecular formula is C16H25Cl3N2O2. The number of methoxy groups -OCH3 is 1. The van der Waals surface area contributed by atoms with Gasteiger partial charge in [-0.25, -0.2) is 0 Å². The lowest BCUT2D eigenvalue weighted by molar-refractivity contribution is 0.160. The summed E-state index contributed by atoms with van der Waals surface area (Å²) in [6.07, 6.45) is 3.67. The molecule has 1 aromatic carbocycles. The lowest BCUT2D eigenvalue weighted by Crippen LogP contribution is -2.45. The second-order valence-corrected chi connectivity index (χ2v) is 5.59. The van der Waals surface area contributed by atoms with Crippen molar-refractivity contribution >= 4 is 36.4 Å². The van der Waals surface area contributed by atoms with E-state index in [4.69, 9.17) is 16.3 Å². The summed E-state index contributed by atoms with van der Waals surface area (Å²) in [6.45, 7) is 7.59. The van der Waals surface area contributed by atoms with Gasteiger partial charge in [0.25, 0.3) is 0 Å². The first-order valence-corrected chi connectivity index (χ1v) is 7.67. The minimum absolute atomic E-state index is 0. The van der Waals surface area contributed by atoms with Crippen molar-refractivity contribution in [2.45, 2.75) is 18.9 Å². The predicted octanol–water partition coefficient (Wildman–Crippen LogP) is 3.81. The van der Waals surface area contributed by atoms with Crippen LogP contribution >= 0.6 is 36.4 Å². The Morgan fingerprint density at radius 1 is 1.39 bits per heavy atom. The van der Waals surface area contributed by atoms with Crippen LogP contribution in [0.25, 0.3) is 0 Å². The van der Waals surface area contributed by atoms with Crippen molar-refractivity contribution in [2.75, 3.05) is 33.3 Å². The van der Waals surface area contributed by atoms with Crippen LogP contribution in [0.15, 0.2) is 24.8 Å². The van der Waals surface area contributed by atoms with Crippen molar-refractivity contribution in [2.24, 2.45) is 0 Å². The molecule has 1 aromatic rings. The molecule has 1 heterocycles. The van der Waals surface area contributed by atoms with Crippen LogP contribution in [0.5, 0.6) is 11.5 Å². The first-order chi connectivity index (χ1) is 10.2. The quantitative estimate of drug-likeness (QED) is 0.733. The fourth-order valence-corrected chi connectivity index (χ4v) is 3.01. The third kappa shape index (κ3) is 5.44. The summed E-state index contributed by atoms with van der Waals surface area (Å²) in [6, 6.07) is 3.57. The Bertz CT molecular complexity index is 494. The zero-order chi connectivity index (χ0) is 15.2. The predicted molar refractivity (Wildman–Crippen MR) is 101 cm³/mol. The van der Waals surface area contributed by atoms with Gasteiger partial charge in [-0.1, -0.05) is 17.7 Å². The third-order valence-electron chi connectivity index (χ3n) is 3.92. The summed E-state index contributed by atoms with van der Waals surface area (Å²) >= 11 is 6.10. The zero-order valence-corrected chi connectivity index (χ0v) is 15.6. The molecule has 2 rings (SSSR count). The highest BCUT2D eigenvalue weighted by molar-refractivity contribution is 6.32. The monoisotopic (exact) mass is 382 g/mol. The van der Waals surface area contributed by atoms with Gasteiger partial charge >= 0.3 is 0 Å². The van der Waals surface area contributed by atoms with Gasteiger partial charge in [0.15, 0.2) is 0 Å². The van der Waals surface area contributed by atoms with Crippen molar-refractivity contribution in [1.82, 2.24) is 10.2 Å². The number of nitrogens with one attached hydrogen (secondary N) is 1. The molecule has 1 aliphatic rings. The Morgan fingerprint density at radius 2 is 2.04 bits per heavy atom. The molecule has 0 unspecified atom stereocenters. The van der Waals surface area contributed by atoms with Gasteiger partial charge in [-0.05, 0) is 25.0 Å². The lowest BCUT2D eigenvalue weighted by Gasteiger charge is -2.36. The highest BCUT2D eigenvalue weighted by Crippen LogP contribution is 2.42. The van der Waals surface area contributed by atoms with Crippen LogP contribution in [0.2, 0.25) is 5.02 Å². The van der Waals surface area contributed by atoms with Gasteiger partial charge in [-0.2, -0.15) is 0 Å². The Balaban J connectivity index is 0.00000242. The molecule has 2 N–H and O–H groups in total. The SMILES string of the molecule is C=CCC[C@H](c1c(OC)ccc(Cl)c1O)N1CCNCC1.Cl.Cl. The smallest absolute Gasteiger partial charge is 0.142 e. The summed E-state index contributed by atoms with van der Waals surface area (Å²) in [5.74, 6) is 0.813. The van der Waals surface area contributed by atoms with Crippen molar-refractivity contribution in [3.05, 3.63) is 35.4 Å². The van der Waals surface area contributed by atoms with E-state index in [0.717, 1.165) is 44.6 Å². The van der Waals surface area contributed by atoms with Crippen LogP contribution in [0.1, 0.15) is 24.4 Å². The Morgan fingerprint density at radius 3 is 2.61 bits per heavy atom. The average Bonchev–Trinajstić information content (AvgIpc) is 2.52. The summed E-state index contributed by atoms with van der Waals surface area (Å²) in [4.78, 5) is 2.37. The van der Waals surface area contributed by atoms with E-state index >= 15 is 0 Å². The van der Waals surface area contributed by atoms with Crippen molar-refractivity contribution in [3.8, 4) is 11.5 Å². The summed E-state index contributed by atoms with van der Waals surface area (Å²) in [7, 11) is 1.62. The van der Waals surface area contributed by atoms with Crippen LogP contribution in [-0.2, 0) is 0 Å². The van der Waals surface area contributed by atoms with E-state index < -0.39 is 0 Å². The second-order valence-electron chi connectivity index (χ2n) is 5.18. The van der Waals surface area contributed by atoms with Gasteiger partial charge in [-0.3, -0.25) is 4.90 Å². The lowest BCUT2D eigenvalue weighted by atomic mass is 9.97. The molecule has 1 atom stereocenters. The number of hydrogen-bond donors (Lipinski definition) is 2. The summed E-state index contributed by atoms with van der Waals surface area (Å²) < 4.78 is 5.45. The number of piperazine rings is 1. The van der Waals surface area contributed by atoms with Gasteiger partial charge in [0.05, 0.1) is 17.7 Å². The Labute approximate surface area is 155 Å². The number of allylic oxidation sites excluding steroid dienone is 1. The normalized spacial score (nSPS) is 15.9. The minimum atomic E-state index is 0. The number of benzene rings is 1. The average molecular weight is 384 g/mol. The number of hydrogen-bond acceptors (Lipinski definition) is 4. The Hall–Kier alpha value is -0.650. The maximum atomic E-state index is 10.4. The van der Waals surface area contributed by atoms with Gasteiger partial charge in [0.2, 0.25) is 0 Å². The van der Waals surface area contributed by atoms with Crippen molar-refractivity contribution in [1.29, 1.82) is 0 Å². The Kier molecular flexibility index (Phi) is 10.7. The van der Waals surface area contributed by atoms with E-state index in [1.807, 2.05) is 12.1 Å². The molecule has 0 spiro atoms. The number of halogens is 3. The van der Waals surface area contributed by atoms with Gasteiger partial charge in [-0.15, -0.1) is 31.4 Å². The molecule has 0 aromatic heterocycles. The molecule has 0 saturated carbocycles. The topological polar surface area (TPSA) is 44.7 Å². The van der Waals surface area contributed by atoms with E-state index in [2.05, 4.69) is 16.8 Å². The molecule has 23 heavy (non-hydrogen) atoms. The van der Waals surface area contributed by atoms with E-state index in [1.54, 1.807) is 13.2 Å². The number of rotatable bonds is 6. The van der Waals surface area contributed by atoms with Crippen molar-refractivity contribution in [3.63, 3.8) is 0 Å². The van der Waals surface area contributed by atoms with Gasteiger partial charge in [0.1, 0.15) is 11.5 Å². The molecule has 7 heteroatoms. The molecule has 0 aliphatic carbocycles. The number of phenolic OH excluding ortho intramolecular Hbond substituents is 1. The molecule has 0 amide bonds. The summed E-state index contributed by atoms with van der Waals surface area (Å²) in [5.41, 5.74) is 0.786. The first-order valence-electron chi connectivity index (χ1n) is 7.30. The van der Waals surface area contributed by atoms with Crippen LogP contribution in [0, 0.1) is 0 Å². The number of nitrogens with zero attached hydrogens (tertiary/aromatic N) is 1. The molecule has 1 saturated heterocycles. The highest BCUT2D eigenvalue weighted by atomic mass is 35.5. The molecule has 0 bridgehead atoms. The first kappa shape index (κ1) is 22.4. The summed E-state index contributed by atoms with van der Waals surface area (Å²) in [5, 5.41) is 14.1. The van der Waals surface area contributed by atoms with E-state index in [0.29, 0.717) is 10.8 Å². The standard InChI is InChI=1S/C16H23ClN2O2.2ClH/c1-3-4-5-13(19-10-8-18-9-11-19)15-14(21-2)7-6-12(17)16(15)20;;/h3,6-7,13,18,20H,1,4-5,8-11H2,2H3;2*1H/t13-;;/m1../s1. The minimum Gasteiger partial charge on any atom is -0.506 e. The van der Waals surface area contributed by atoms with Crippen LogP contribution < -0.4 is 10.1 Å². The van der Waals surface area contributed by atoms with E-state index in [-0.39, 0.29) is 36.6 Å². The maximum absolute atomic E-state index is 10.4. The fraction of sp³-hybridized carbons (Fsp3) is 0.500. The van der Waals surface area contributed by atoms with Crippen LogP contribution in [0.4, 0.5) is 0 Å². The molecular weight excluding hydrogens is 359 g/mol. The van der Waals surface area contributed by atoms with Crippen LogP contribution in [0.3, 0.4) is 0 Å². The zero-order valence-electron chi connectivity index (χ0n) is 13.3. The largest absolute Gasteiger partial charge is 0.506 e. The van der Waals surface area contributed by atoms with Gasteiger partial charge < -0.3 is 15.2 Å². The molecule has 4 nitrogen and oxygen atoms in total. The third-order valence-corrected chi connectivity index (χ3v) is 4.22. The van der Waals surface area contributed by atoms with Crippen LogP contribution in [-0.4, -0.2) is 43.3 Å². The molecule has 132 valence electrons. The van der Waals surface area contributed by atoms with E-state index in [9.17, 15) is 5.11 Å². The van der Waals surface area contributed by atoms with Crippen molar-refractivity contribution < 1.29 is 9.84 Å². The fourth-order valence-electron chi connectivity index (χ4n) is 2.84. The number of ether oxygens (including phenoxy) is 1. The second kappa shape index (κ2) is 11.0. The maximum Gasteiger partial charge on any atom is 0.142 e. The van der Waals surface area contributed by atoms with Gasteiger partial charge in [0, 0.05) is 32.2 Å². The number of phenols is 1. The molecule has 0 radical (unpaired) electrons. The highest BCUT2D eigenvalue weighted by Gasteiger charge is 2.28. The van der Waals surface area contributed by atoms with E-state index in [1.165, 1.54) is 0 Å². The molecule has 1 aliphatic heterocycles. The number of aromatic hydroxyl groups is 1.